The highest BCUT2D eigenvalue weighted by Gasteiger charge is 2.38. The van der Waals surface area contributed by atoms with E-state index < -0.39 is 24.8 Å². The first kappa shape index (κ1) is 12.1. The second kappa shape index (κ2) is 3.89. The second-order valence-electron chi connectivity index (χ2n) is 2.60. The van der Waals surface area contributed by atoms with Gasteiger partial charge >= 0.3 is 0 Å². The highest BCUT2D eigenvalue weighted by atomic mass is 32.3. The Hall–Kier alpha value is -0.960. The van der Waals surface area contributed by atoms with E-state index in [0.717, 1.165) is 12.1 Å². The van der Waals surface area contributed by atoms with Crippen molar-refractivity contribution < 1.29 is 25.9 Å². The molecule has 0 atom stereocenters. The van der Waals surface area contributed by atoms with Gasteiger partial charge in [0, 0.05) is 0 Å². The summed E-state index contributed by atoms with van der Waals surface area (Å²) in [5, 5.41) is 0. The molecule has 0 heterocycles. The van der Waals surface area contributed by atoms with Crippen molar-refractivity contribution in [2.75, 3.05) is 0 Å². The Bertz CT molecular complexity index is 498. The van der Waals surface area contributed by atoms with Crippen LogP contribution >= 0.6 is 0 Å². The van der Waals surface area contributed by atoms with Crippen molar-refractivity contribution in [1.82, 2.24) is 0 Å². The summed E-state index contributed by atoms with van der Waals surface area (Å²) in [6.45, 7) is 0. The second-order valence-corrected chi connectivity index (χ2v) is 5.58. The lowest BCUT2D eigenvalue weighted by Gasteiger charge is -2.08. The molecule has 0 saturated carbocycles. The van der Waals surface area contributed by atoms with Crippen LogP contribution in [0.15, 0.2) is 30.3 Å². The molecule has 0 saturated heterocycles. The molecule has 0 unspecified atom stereocenters. The molecule has 0 aliphatic rings. The van der Waals surface area contributed by atoms with Crippen molar-refractivity contribution in [3.05, 3.63) is 40.5 Å². The highest BCUT2D eigenvalue weighted by Crippen LogP contribution is 2.25. The Balaban J connectivity index is 3.41. The van der Waals surface area contributed by atoms with Crippen molar-refractivity contribution in [1.29, 1.82) is 0 Å². The van der Waals surface area contributed by atoms with Crippen molar-refractivity contribution in [3.8, 4) is 0 Å². The molecule has 2 N–H and O–H groups in total. The Morgan fingerprint density at radius 3 is 1.60 bits per heavy atom. The maximum absolute atomic E-state index is 10.8. The van der Waals surface area contributed by atoms with Crippen LogP contribution in [0.5, 0.6) is 0 Å². The van der Waals surface area contributed by atoms with Crippen LogP contribution in [-0.4, -0.2) is 25.9 Å². The third kappa shape index (κ3) is 2.99. The molecule has 15 heavy (non-hydrogen) atoms. The van der Waals surface area contributed by atoms with Gasteiger partial charge in [0.2, 0.25) is 0 Å². The molecule has 8 heteroatoms. The largest absolute Gasteiger partial charge is 0.295 e. The summed E-state index contributed by atoms with van der Waals surface area (Å²) in [6, 6.07) is 6.53. The Morgan fingerprint density at radius 2 is 1.27 bits per heavy atom. The van der Waals surface area contributed by atoms with Gasteiger partial charge in [-0.1, -0.05) is 30.3 Å². The van der Waals surface area contributed by atoms with E-state index >= 15 is 0 Å². The van der Waals surface area contributed by atoms with Crippen LogP contribution in [0.25, 0.3) is 0 Å². The van der Waals surface area contributed by atoms with Crippen LogP contribution in [0.1, 0.15) is 5.56 Å². The average molecular weight is 251 g/mol. The molecule has 0 fully saturated rings. The third-order valence-corrected chi connectivity index (χ3v) is 4.15. The lowest BCUT2D eigenvalue weighted by Crippen LogP contribution is -2.22. The first-order valence-electron chi connectivity index (χ1n) is 3.60. The van der Waals surface area contributed by atoms with E-state index in [-0.39, 0.29) is 5.56 Å². The molecule has 1 rings (SSSR count). The van der Waals surface area contributed by atoms with Crippen molar-refractivity contribution in [2.45, 2.75) is 0 Å². The van der Waals surface area contributed by atoms with Gasteiger partial charge in [0.25, 0.3) is 24.8 Å². The Labute approximate surface area is 87.1 Å². The molecule has 0 aromatic heterocycles. The molecule has 1 aromatic rings. The lowest BCUT2D eigenvalue weighted by molar-refractivity contribution is 0.473. The van der Waals surface area contributed by atoms with E-state index in [1.54, 1.807) is 0 Å². The van der Waals surface area contributed by atoms with Crippen LogP contribution in [0.2, 0.25) is 0 Å². The molecule has 0 spiro atoms. The smallest absolute Gasteiger partial charge is 0.284 e. The van der Waals surface area contributed by atoms with Crippen LogP contribution in [0.4, 0.5) is 0 Å². The minimum absolute atomic E-state index is 0.303. The summed E-state index contributed by atoms with van der Waals surface area (Å²) in [5.41, 5.74) is -0.303. The van der Waals surface area contributed by atoms with Crippen molar-refractivity contribution in [2.24, 2.45) is 0 Å². The molecule has 0 amide bonds. The number of hydrogen-bond acceptors (Lipinski definition) is 4. The van der Waals surface area contributed by atoms with Crippen molar-refractivity contribution >= 4 is 20.2 Å². The van der Waals surface area contributed by atoms with E-state index in [1.165, 1.54) is 18.2 Å². The fourth-order valence-corrected chi connectivity index (χ4v) is 2.94. The van der Waals surface area contributed by atoms with E-state index in [9.17, 15) is 16.8 Å². The van der Waals surface area contributed by atoms with Crippen LogP contribution < -0.4 is 0 Å². The lowest BCUT2D eigenvalue weighted by atomic mass is 10.2. The van der Waals surface area contributed by atoms with E-state index in [4.69, 9.17) is 9.11 Å². The van der Waals surface area contributed by atoms with Gasteiger partial charge in [-0.25, -0.2) is 0 Å². The van der Waals surface area contributed by atoms with Gasteiger partial charge < -0.3 is 0 Å². The normalized spacial score (nSPS) is 13.0. The fraction of sp³-hybridized carbons (Fsp3) is 0. The first-order valence-corrected chi connectivity index (χ1v) is 6.48. The minimum atomic E-state index is -5.00. The van der Waals surface area contributed by atoms with Gasteiger partial charge in [0.15, 0.2) is 0 Å². The molecule has 0 aliphatic heterocycles. The Morgan fingerprint density at radius 1 is 0.867 bits per heavy atom. The zero-order valence-corrected chi connectivity index (χ0v) is 8.86. The SMILES string of the molecule is O=S(=O)(O)[C](c1ccccc1)S(=O)(=O)O. The van der Waals surface area contributed by atoms with Gasteiger partial charge in [0.1, 0.15) is 0 Å². The van der Waals surface area contributed by atoms with Crippen LogP contribution in [-0.2, 0) is 20.2 Å². The van der Waals surface area contributed by atoms with Crippen LogP contribution in [0, 0.1) is 4.58 Å². The molecule has 1 aromatic carbocycles. The maximum Gasteiger partial charge on any atom is 0.295 e. The fourth-order valence-electron chi connectivity index (χ4n) is 1.01. The summed E-state index contributed by atoms with van der Waals surface area (Å²) < 4.78 is 58.9. The average Bonchev–Trinajstić information content (AvgIpc) is 2.00. The van der Waals surface area contributed by atoms with Gasteiger partial charge in [-0.3, -0.25) is 9.11 Å². The predicted octanol–water partition coefficient (Wildman–Crippen LogP) is 0.300. The quantitative estimate of drug-likeness (QED) is 0.748. The molecular formula is C7H7O6S2. The van der Waals surface area contributed by atoms with E-state index in [2.05, 4.69) is 0 Å². The maximum atomic E-state index is 10.8. The first-order chi connectivity index (χ1) is 6.73. The van der Waals surface area contributed by atoms with Gasteiger partial charge in [-0.15, -0.1) is 0 Å². The topological polar surface area (TPSA) is 109 Å². The van der Waals surface area contributed by atoms with E-state index in [1.807, 2.05) is 0 Å². The monoisotopic (exact) mass is 251 g/mol. The summed E-state index contributed by atoms with van der Waals surface area (Å²) in [5.74, 6) is 0. The third-order valence-electron chi connectivity index (χ3n) is 1.48. The Kier molecular flexibility index (Phi) is 3.14. The zero-order chi connectivity index (χ0) is 11.7. The molecule has 6 nitrogen and oxygen atoms in total. The van der Waals surface area contributed by atoms with E-state index in [0.29, 0.717) is 0 Å². The number of rotatable bonds is 3. The van der Waals surface area contributed by atoms with Crippen molar-refractivity contribution in [3.63, 3.8) is 0 Å². The number of hydrogen-bond donors (Lipinski definition) is 2. The molecule has 1 radical (unpaired) electrons. The number of benzene rings is 1. The minimum Gasteiger partial charge on any atom is -0.284 e. The predicted molar refractivity (Wildman–Crippen MR) is 51.9 cm³/mol. The van der Waals surface area contributed by atoms with Crippen LogP contribution in [0.3, 0.4) is 0 Å². The zero-order valence-electron chi connectivity index (χ0n) is 7.23. The summed E-state index contributed by atoms with van der Waals surface area (Å²) in [6.07, 6.45) is 0. The highest BCUT2D eigenvalue weighted by molar-refractivity contribution is 8.08. The summed E-state index contributed by atoms with van der Waals surface area (Å²) in [4.78, 5) is 0. The molecule has 0 aliphatic carbocycles. The molecular weight excluding hydrogens is 244 g/mol. The molecule has 0 bridgehead atoms. The van der Waals surface area contributed by atoms with Gasteiger partial charge in [-0.05, 0) is 5.56 Å². The standard InChI is InChI=1S/C7H7O6S2/c8-14(9,10)7(15(11,12)13)6-4-2-1-3-5-6/h1-5H,(H,8,9,10)(H,11,12,13). The molecule has 83 valence electrons. The van der Waals surface area contributed by atoms with Gasteiger partial charge in [0.05, 0.1) is 0 Å². The summed E-state index contributed by atoms with van der Waals surface area (Å²) in [7, 11) is -9.99. The summed E-state index contributed by atoms with van der Waals surface area (Å²) >= 11 is 0. The van der Waals surface area contributed by atoms with Gasteiger partial charge in [-0.2, -0.15) is 16.8 Å².